The lowest BCUT2D eigenvalue weighted by Gasteiger charge is -2.31. The molecule has 7 nitrogen and oxygen atoms in total. The molecule has 1 fully saturated rings. The number of hydrogen-bond acceptors (Lipinski definition) is 5. The van der Waals surface area contributed by atoms with Crippen LogP contribution in [0.2, 0.25) is 0 Å². The third-order valence-electron chi connectivity index (χ3n) is 6.35. The predicted molar refractivity (Wildman–Crippen MR) is 127 cm³/mol. The van der Waals surface area contributed by atoms with Crippen molar-refractivity contribution in [3.8, 4) is 11.5 Å². The summed E-state index contributed by atoms with van der Waals surface area (Å²) in [6.45, 7) is 3.79. The largest absolute Gasteiger partial charge is 0.486 e. The second-order valence-corrected chi connectivity index (χ2v) is 10.8. The monoisotopic (exact) mass is 472 g/mol. The first-order chi connectivity index (χ1) is 15.9. The number of fused-ring (bicyclic) bond motifs is 1. The van der Waals surface area contributed by atoms with Crippen LogP contribution < -0.4 is 14.8 Å². The summed E-state index contributed by atoms with van der Waals surface area (Å²) < 4.78 is 38.2. The number of hydrogen-bond donors (Lipinski definition) is 1. The maximum atomic E-state index is 12.8. The quantitative estimate of drug-likeness (QED) is 0.637. The Balaban J connectivity index is 1.24. The third kappa shape index (κ3) is 6.06. The normalized spacial score (nSPS) is 18.0. The molecule has 1 amide bonds. The van der Waals surface area contributed by atoms with Crippen LogP contribution >= 0.6 is 0 Å². The van der Waals surface area contributed by atoms with E-state index in [-0.39, 0.29) is 23.6 Å². The molecule has 2 aromatic carbocycles. The van der Waals surface area contributed by atoms with Gasteiger partial charge in [0.25, 0.3) is 0 Å². The van der Waals surface area contributed by atoms with Crippen molar-refractivity contribution in [3.63, 3.8) is 0 Å². The molecule has 178 valence electrons. The molecular formula is C25H32N2O5S. The van der Waals surface area contributed by atoms with Gasteiger partial charge in [-0.3, -0.25) is 4.79 Å². The number of piperidine rings is 1. The Morgan fingerprint density at radius 2 is 1.76 bits per heavy atom. The number of rotatable bonds is 8. The summed E-state index contributed by atoms with van der Waals surface area (Å²) in [7, 11) is -3.30. The number of amides is 1. The second kappa shape index (κ2) is 10.6. The van der Waals surface area contributed by atoms with Crippen LogP contribution in [0.25, 0.3) is 0 Å². The summed E-state index contributed by atoms with van der Waals surface area (Å²) in [5, 5.41) is 3.08. The lowest BCUT2D eigenvalue weighted by atomic mass is 9.96. The summed E-state index contributed by atoms with van der Waals surface area (Å²) in [5.41, 5.74) is 2.10. The molecule has 1 saturated heterocycles. The standard InChI is InChI=1S/C25H32N2O5S/c1-19(22-9-10-23-24(18-22)32-16-15-31-23)26-25(28)21-11-13-27(14-12-21)33(29,30)17-5-8-20-6-3-2-4-7-20/h2-4,6-7,9-10,18-19,21H,5,8,11-17H2,1H3,(H,26,28). The number of aryl methyl sites for hydroxylation is 1. The SMILES string of the molecule is CC(NC(=O)C1CCN(S(=O)(=O)CCCc2ccccc2)CC1)c1ccc2c(c1)OCCO2. The molecule has 2 aliphatic heterocycles. The minimum atomic E-state index is -3.30. The molecular weight excluding hydrogens is 440 g/mol. The molecule has 1 unspecified atom stereocenters. The first-order valence-corrected chi connectivity index (χ1v) is 13.2. The van der Waals surface area contributed by atoms with Crippen LogP contribution in [0.3, 0.4) is 0 Å². The van der Waals surface area contributed by atoms with E-state index < -0.39 is 10.0 Å². The Morgan fingerprint density at radius 1 is 1.06 bits per heavy atom. The van der Waals surface area contributed by atoms with Crippen molar-refractivity contribution < 1.29 is 22.7 Å². The highest BCUT2D eigenvalue weighted by Crippen LogP contribution is 2.32. The van der Waals surface area contributed by atoms with Crippen LogP contribution in [0, 0.1) is 5.92 Å². The summed E-state index contributed by atoms with van der Waals surface area (Å²) >= 11 is 0. The molecule has 4 rings (SSSR count). The average Bonchev–Trinajstić information content (AvgIpc) is 2.84. The van der Waals surface area contributed by atoms with E-state index in [9.17, 15) is 13.2 Å². The zero-order chi connectivity index (χ0) is 23.3. The summed E-state index contributed by atoms with van der Waals surface area (Å²) in [4.78, 5) is 12.8. The number of ether oxygens (including phenoxy) is 2. The Morgan fingerprint density at radius 3 is 2.48 bits per heavy atom. The van der Waals surface area contributed by atoms with Gasteiger partial charge in [-0.1, -0.05) is 36.4 Å². The molecule has 0 aliphatic carbocycles. The van der Waals surface area contributed by atoms with E-state index in [0.29, 0.717) is 51.3 Å². The van der Waals surface area contributed by atoms with Gasteiger partial charge in [0, 0.05) is 19.0 Å². The number of carbonyl (C=O) groups excluding carboxylic acids is 1. The van der Waals surface area contributed by atoms with Crippen molar-refractivity contribution >= 4 is 15.9 Å². The van der Waals surface area contributed by atoms with Crippen LogP contribution in [0.15, 0.2) is 48.5 Å². The van der Waals surface area contributed by atoms with Gasteiger partial charge in [0.15, 0.2) is 11.5 Å². The number of carbonyl (C=O) groups is 1. The van der Waals surface area contributed by atoms with Gasteiger partial charge in [0.2, 0.25) is 15.9 Å². The Hall–Kier alpha value is -2.58. The number of nitrogens with one attached hydrogen (secondary N) is 1. The van der Waals surface area contributed by atoms with E-state index in [4.69, 9.17) is 9.47 Å². The summed E-state index contributed by atoms with van der Waals surface area (Å²) in [5.74, 6) is 1.35. The molecule has 2 aliphatic rings. The van der Waals surface area contributed by atoms with Gasteiger partial charge >= 0.3 is 0 Å². The van der Waals surface area contributed by atoms with Crippen LogP contribution in [0.4, 0.5) is 0 Å². The van der Waals surface area contributed by atoms with E-state index >= 15 is 0 Å². The second-order valence-electron chi connectivity index (χ2n) is 8.71. The zero-order valence-corrected chi connectivity index (χ0v) is 19.9. The first-order valence-electron chi connectivity index (χ1n) is 11.6. The van der Waals surface area contributed by atoms with Crippen LogP contribution in [-0.4, -0.2) is 50.7 Å². The maximum Gasteiger partial charge on any atom is 0.223 e. The highest BCUT2D eigenvalue weighted by molar-refractivity contribution is 7.89. The highest BCUT2D eigenvalue weighted by Gasteiger charge is 2.31. The average molecular weight is 473 g/mol. The minimum absolute atomic E-state index is 0.0292. The molecule has 0 radical (unpaired) electrons. The lowest BCUT2D eigenvalue weighted by Crippen LogP contribution is -2.44. The van der Waals surface area contributed by atoms with Gasteiger partial charge in [-0.2, -0.15) is 0 Å². The van der Waals surface area contributed by atoms with Crippen molar-refractivity contribution in [1.82, 2.24) is 9.62 Å². The highest BCUT2D eigenvalue weighted by atomic mass is 32.2. The van der Waals surface area contributed by atoms with Gasteiger partial charge in [-0.25, -0.2) is 12.7 Å². The van der Waals surface area contributed by atoms with Crippen LogP contribution in [-0.2, 0) is 21.2 Å². The van der Waals surface area contributed by atoms with E-state index in [1.807, 2.05) is 55.5 Å². The zero-order valence-electron chi connectivity index (χ0n) is 19.0. The molecule has 33 heavy (non-hydrogen) atoms. The maximum absolute atomic E-state index is 12.8. The molecule has 0 bridgehead atoms. The lowest BCUT2D eigenvalue weighted by molar-refractivity contribution is -0.126. The predicted octanol–water partition coefficient (Wildman–Crippen LogP) is 3.31. The van der Waals surface area contributed by atoms with Crippen molar-refractivity contribution in [2.75, 3.05) is 32.1 Å². The molecule has 2 heterocycles. The summed E-state index contributed by atoms with van der Waals surface area (Å²) in [6, 6.07) is 15.5. The van der Waals surface area contributed by atoms with Crippen molar-refractivity contribution in [1.29, 1.82) is 0 Å². The van der Waals surface area contributed by atoms with Crippen molar-refractivity contribution in [2.24, 2.45) is 5.92 Å². The number of benzene rings is 2. The third-order valence-corrected chi connectivity index (χ3v) is 8.31. The van der Waals surface area contributed by atoms with E-state index in [1.54, 1.807) is 4.31 Å². The van der Waals surface area contributed by atoms with Gasteiger partial charge in [-0.05, 0) is 55.9 Å². The van der Waals surface area contributed by atoms with Gasteiger partial charge in [-0.15, -0.1) is 0 Å². The topological polar surface area (TPSA) is 84.9 Å². The fourth-order valence-corrected chi connectivity index (χ4v) is 5.91. The Labute approximate surface area is 196 Å². The van der Waals surface area contributed by atoms with Crippen LogP contribution in [0.1, 0.15) is 43.4 Å². The van der Waals surface area contributed by atoms with E-state index in [1.165, 1.54) is 0 Å². The molecule has 1 N–H and O–H groups in total. The number of sulfonamides is 1. The Kier molecular flexibility index (Phi) is 7.55. The molecule has 8 heteroatoms. The Bertz CT molecular complexity index is 1050. The fourth-order valence-electron chi connectivity index (χ4n) is 4.37. The molecule has 0 aromatic heterocycles. The smallest absolute Gasteiger partial charge is 0.223 e. The van der Waals surface area contributed by atoms with Gasteiger partial charge in [0.1, 0.15) is 13.2 Å². The summed E-state index contributed by atoms with van der Waals surface area (Å²) in [6.07, 6.45) is 2.42. The minimum Gasteiger partial charge on any atom is -0.486 e. The van der Waals surface area contributed by atoms with E-state index in [0.717, 1.165) is 23.3 Å². The fraction of sp³-hybridized carbons (Fsp3) is 0.480. The molecule has 2 aromatic rings. The molecule has 0 spiro atoms. The molecule has 1 atom stereocenters. The van der Waals surface area contributed by atoms with Crippen molar-refractivity contribution in [2.45, 2.75) is 38.6 Å². The first kappa shape index (κ1) is 23.6. The van der Waals surface area contributed by atoms with Crippen molar-refractivity contribution in [3.05, 3.63) is 59.7 Å². The van der Waals surface area contributed by atoms with Gasteiger partial charge in [0.05, 0.1) is 11.8 Å². The number of nitrogens with zero attached hydrogens (tertiary/aromatic N) is 1. The van der Waals surface area contributed by atoms with Crippen LogP contribution in [0.5, 0.6) is 11.5 Å². The molecule has 0 saturated carbocycles. The van der Waals surface area contributed by atoms with Gasteiger partial charge < -0.3 is 14.8 Å². The van der Waals surface area contributed by atoms with E-state index in [2.05, 4.69) is 5.32 Å².